The first-order valence-corrected chi connectivity index (χ1v) is 5.65. The second kappa shape index (κ2) is 6.47. The number of pyridine rings is 1. The average Bonchev–Trinajstić information content (AvgIpc) is 2.36. The Bertz CT molecular complexity index is 578. The van der Waals surface area contributed by atoms with Crippen molar-refractivity contribution in [2.45, 2.75) is 25.9 Å². The highest BCUT2D eigenvalue weighted by atomic mass is 19.4. The zero-order valence-electron chi connectivity index (χ0n) is 10.7. The summed E-state index contributed by atoms with van der Waals surface area (Å²) in [7, 11) is 0. The van der Waals surface area contributed by atoms with Gasteiger partial charge in [0, 0.05) is 0 Å². The number of ether oxygens (including phenoxy) is 1. The standard InChI is InChI=1S/C12H9F5N2O2/c1-2-21-8(20)4-6-3-7(5-18)19-10(11(13)14)9(6)12(15,16)17/h3,11H,2,4H2,1H3. The first kappa shape index (κ1) is 16.8. The van der Waals surface area contributed by atoms with Crippen molar-refractivity contribution in [3.05, 3.63) is 28.6 Å². The van der Waals surface area contributed by atoms with E-state index in [-0.39, 0.29) is 6.61 Å². The fourth-order valence-electron chi connectivity index (χ4n) is 1.67. The molecule has 0 N–H and O–H groups in total. The molecule has 1 heterocycles. The van der Waals surface area contributed by atoms with Crippen molar-refractivity contribution in [2.24, 2.45) is 0 Å². The van der Waals surface area contributed by atoms with Crippen LogP contribution in [-0.2, 0) is 22.1 Å². The molecule has 0 aliphatic rings. The normalized spacial score (nSPS) is 11.3. The van der Waals surface area contributed by atoms with Gasteiger partial charge in [0.1, 0.15) is 17.5 Å². The van der Waals surface area contributed by atoms with E-state index in [1.165, 1.54) is 13.0 Å². The summed E-state index contributed by atoms with van der Waals surface area (Å²) in [5.41, 5.74) is -4.66. The van der Waals surface area contributed by atoms with Crippen LogP contribution >= 0.6 is 0 Å². The van der Waals surface area contributed by atoms with Gasteiger partial charge in [0.05, 0.1) is 18.6 Å². The van der Waals surface area contributed by atoms with Crippen molar-refractivity contribution in [2.75, 3.05) is 6.61 Å². The highest BCUT2D eigenvalue weighted by molar-refractivity contribution is 5.73. The number of rotatable bonds is 4. The van der Waals surface area contributed by atoms with E-state index in [1.54, 1.807) is 0 Å². The summed E-state index contributed by atoms with van der Waals surface area (Å²) in [6, 6.07) is 2.04. The Kier molecular flexibility index (Phi) is 5.18. The van der Waals surface area contributed by atoms with E-state index in [2.05, 4.69) is 9.72 Å². The highest BCUT2D eigenvalue weighted by Crippen LogP contribution is 2.38. The second-order valence-corrected chi connectivity index (χ2v) is 3.82. The number of hydrogen-bond donors (Lipinski definition) is 0. The lowest BCUT2D eigenvalue weighted by molar-refractivity contribution is -0.144. The maximum atomic E-state index is 12.9. The van der Waals surface area contributed by atoms with Crippen LogP contribution < -0.4 is 0 Å². The number of aromatic nitrogens is 1. The summed E-state index contributed by atoms with van der Waals surface area (Å²) < 4.78 is 68.8. The van der Waals surface area contributed by atoms with E-state index < -0.39 is 47.5 Å². The van der Waals surface area contributed by atoms with Gasteiger partial charge >= 0.3 is 12.1 Å². The molecule has 0 aliphatic carbocycles. The molecule has 0 atom stereocenters. The minimum Gasteiger partial charge on any atom is -0.466 e. The topological polar surface area (TPSA) is 63.0 Å². The molecule has 0 saturated carbocycles. The number of carbonyl (C=O) groups excluding carboxylic acids is 1. The Labute approximate surface area is 116 Å². The lowest BCUT2D eigenvalue weighted by Gasteiger charge is -2.16. The molecule has 0 bridgehead atoms. The number of alkyl halides is 5. The van der Waals surface area contributed by atoms with Gasteiger partial charge in [-0.25, -0.2) is 13.8 Å². The molecular formula is C12H9F5N2O2. The molecule has 0 radical (unpaired) electrons. The predicted octanol–water partition coefficient (Wildman–Crippen LogP) is 3.02. The predicted molar refractivity (Wildman–Crippen MR) is 59.2 cm³/mol. The minimum absolute atomic E-state index is 0.0713. The molecule has 114 valence electrons. The number of nitriles is 1. The molecule has 4 nitrogen and oxygen atoms in total. The molecule has 0 fully saturated rings. The number of hydrogen-bond acceptors (Lipinski definition) is 4. The molecule has 0 saturated heterocycles. The largest absolute Gasteiger partial charge is 0.466 e. The van der Waals surface area contributed by atoms with Crippen molar-refractivity contribution < 1.29 is 31.5 Å². The van der Waals surface area contributed by atoms with Crippen molar-refractivity contribution in [1.29, 1.82) is 5.26 Å². The van der Waals surface area contributed by atoms with E-state index in [0.717, 1.165) is 0 Å². The summed E-state index contributed by atoms with van der Waals surface area (Å²) in [5.74, 6) is -1.02. The van der Waals surface area contributed by atoms with Crippen LogP contribution in [0.4, 0.5) is 22.0 Å². The number of carbonyl (C=O) groups is 1. The van der Waals surface area contributed by atoms with Gasteiger partial charge in [-0.05, 0) is 18.6 Å². The van der Waals surface area contributed by atoms with Gasteiger partial charge in [0.2, 0.25) is 0 Å². The minimum atomic E-state index is -5.13. The van der Waals surface area contributed by atoms with Gasteiger partial charge in [-0.2, -0.15) is 18.4 Å². The van der Waals surface area contributed by atoms with E-state index in [0.29, 0.717) is 6.07 Å². The molecular weight excluding hydrogens is 299 g/mol. The Morgan fingerprint density at radius 1 is 1.48 bits per heavy atom. The van der Waals surface area contributed by atoms with E-state index in [9.17, 15) is 26.7 Å². The van der Waals surface area contributed by atoms with Crippen LogP contribution in [0.3, 0.4) is 0 Å². The van der Waals surface area contributed by atoms with Crippen LogP contribution in [-0.4, -0.2) is 17.6 Å². The number of esters is 1. The summed E-state index contributed by atoms with van der Waals surface area (Å²) in [4.78, 5) is 14.3. The maximum Gasteiger partial charge on any atom is 0.418 e. The lowest BCUT2D eigenvalue weighted by Crippen LogP contribution is -2.19. The van der Waals surface area contributed by atoms with Crippen LogP contribution in [0.1, 0.15) is 35.9 Å². The van der Waals surface area contributed by atoms with Crippen LogP contribution in [0.5, 0.6) is 0 Å². The molecule has 1 rings (SSSR count). The first-order chi connectivity index (χ1) is 9.70. The Hall–Kier alpha value is -2.24. The smallest absolute Gasteiger partial charge is 0.418 e. The summed E-state index contributed by atoms with van der Waals surface area (Å²) in [6.45, 7) is 1.37. The van der Waals surface area contributed by atoms with Crippen molar-refractivity contribution in [1.82, 2.24) is 4.98 Å². The van der Waals surface area contributed by atoms with E-state index in [1.807, 2.05) is 0 Å². The third kappa shape index (κ3) is 4.11. The van der Waals surface area contributed by atoms with Gasteiger partial charge in [0.25, 0.3) is 6.43 Å². The molecule has 1 aromatic heterocycles. The molecule has 9 heteroatoms. The Morgan fingerprint density at radius 3 is 2.52 bits per heavy atom. The van der Waals surface area contributed by atoms with Gasteiger partial charge in [0.15, 0.2) is 0 Å². The fourth-order valence-corrected chi connectivity index (χ4v) is 1.67. The first-order valence-electron chi connectivity index (χ1n) is 5.65. The van der Waals surface area contributed by atoms with Crippen molar-refractivity contribution >= 4 is 5.97 Å². The molecule has 0 unspecified atom stereocenters. The second-order valence-electron chi connectivity index (χ2n) is 3.82. The van der Waals surface area contributed by atoms with E-state index >= 15 is 0 Å². The molecule has 0 spiro atoms. The molecule has 1 aromatic rings. The summed E-state index contributed by atoms with van der Waals surface area (Å²) in [6.07, 6.45) is -9.54. The lowest BCUT2D eigenvalue weighted by atomic mass is 10.0. The summed E-state index contributed by atoms with van der Waals surface area (Å²) in [5, 5.41) is 8.64. The van der Waals surface area contributed by atoms with Gasteiger partial charge in [-0.15, -0.1) is 0 Å². The summed E-state index contributed by atoms with van der Waals surface area (Å²) >= 11 is 0. The average molecular weight is 308 g/mol. The SMILES string of the molecule is CCOC(=O)Cc1cc(C#N)nc(C(F)F)c1C(F)(F)F. The zero-order chi connectivity index (χ0) is 16.2. The molecule has 0 aromatic carbocycles. The molecule has 0 aliphatic heterocycles. The maximum absolute atomic E-state index is 12.9. The van der Waals surface area contributed by atoms with Crippen molar-refractivity contribution in [3.8, 4) is 6.07 Å². The fraction of sp³-hybridized carbons (Fsp3) is 0.417. The quantitative estimate of drug-likeness (QED) is 0.633. The van der Waals surface area contributed by atoms with Gasteiger partial charge < -0.3 is 4.74 Å². The Balaban J connectivity index is 3.48. The number of halogens is 5. The highest BCUT2D eigenvalue weighted by Gasteiger charge is 2.40. The third-order valence-electron chi connectivity index (χ3n) is 2.37. The monoisotopic (exact) mass is 308 g/mol. The van der Waals surface area contributed by atoms with Gasteiger partial charge in [-0.3, -0.25) is 4.79 Å². The van der Waals surface area contributed by atoms with Gasteiger partial charge in [-0.1, -0.05) is 0 Å². The van der Waals surface area contributed by atoms with Crippen LogP contribution in [0.2, 0.25) is 0 Å². The molecule has 0 amide bonds. The zero-order valence-corrected chi connectivity index (χ0v) is 10.7. The van der Waals surface area contributed by atoms with Crippen LogP contribution in [0.25, 0.3) is 0 Å². The Morgan fingerprint density at radius 2 is 2.10 bits per heavy atom. The number of nitrogens with zero attached hydrogens (tertiary/aromatic N) is 2. The van der Waals surface area contributed by atoms with E-state index in [4.69, 9.17) is 5.26 Å². The van der Waals surface area contributed by atoms with Crippen LogP contribution in [0, 0.1) is 11.3 Å². The molecule has 21 heavy (non-hydrogen) atoms. The van der Waals surface area contributed by atoms with Crippen LogP contribution in [0.15, 0.2) is 6.07 Å². The third-order valence-corrected chi connectivity index (χ3v) is 2.37. The van der Waals surface area contributed by atoms with Crippen molar-refractivity contribution in [3.63, 3.8) is 0 Å².